The summed E-state index contributed by atoms with van der Waals surface area (Å²) in [4.78, 5) is 10.6. The van der Waals surface area contributed by atoms with Gasteiger partial charge in [0, 0.05) is 6.04 Å². The zero-order chi connectivity index (χ0) is 8.69. The lowest BCUT2D eigenvalue weighted by Crippen LogP contribution is -2.35. The maximum atomic E-state index is 10.6. The molecule has 1 amide bonds. The summed E-state index contributed by atoms with van der Waals surface area (Å²) < 4.78 is 0. The predicted octanol–water partition coefficient (Wildman–Crippen LogP) is 1.11. The third-order valence-electron chi connectivity index (χ3n) is 1.63. The van der Waals surface area contributed by atoms with Gasteiger partial charge >= 0.3 is 0 Å². The molecule has 0 saturated heterocycles. The van der Waals surface area contributed by atoms with E-state index in [1.54, 1.807) is 0 Å². The van der Waals surface area contributed by atoms with Gasteiger partial charge in [0.2, 0.25) is 5.91 Å². The number of hydrogen-bond donors (Lipinski definition) is 1. The zero-order valence-corrected chi connectivity index (χ0v) is 7.22. The van der Waals surface area contributed by atoms with Crippen LogP contribution in [0, 0.1) is 0 Å². The number of amides is 1. The second-order valence-corrected chi connectivity index (χ2v) is 2.61. The molecule has 1 N–H and O–H groups in total. The van der Waals surface area contributed by atoms with Gasteiger partial charge in [0.25, 0.3) is 0 Å². The van der Waals surface area contributed by atoms with Crippen molar-refractivity contribution in [3.63, 3.8) is 0 Å². The molecule has 11 heavy (non-hydrogen) atoms. The fraction of sp³-hybridized carbons (Fsp3) is 0.875. The lowest BCUT2D eigenvalue weighted by Gasteiger charge is -2.14. The second-order valence-electron chi connectivity index (χ2n) is 2.61. The summed E-state index contributed by atoms with van der Waals surface area (Å²) in [7, 11) is 0. The molecular weight excluding hydrogens is 142 g/mol. The van der Waals surface area contributed by atoms with Crippen LogP contribution in [-0.4, -0.2) is 18.6 Å². The van der Waals surface area contributed by atoms with Crippen LogP contribution in [0.15, 0.2) is 0 Å². The molecule has 65 valence electrons. The molecule has 3 heteroatoms. The Morgan fingerprint density at radius 3 is 2.45 bits per heavy atom. The number of rotatable bonds is 5. The minimum Gasteiger partial charge on any atom is -0.351 e. The van der Waals surface area contributed by atoms with Crippen molar-refractivity contribution in [1.82, 2.24) is 5.32 Å². The topological polar surface area (TPSA) is 49.0 Å². The van der Waals surface area contributed by atoms with E-state index in [0.717, 1.165) is 19.3 Å². The summed E-state index contributed by atoms with van der Waals surface area (Å²) in [6.45, 7) is 3.41. The number of carbonyl (C=O) groups excluding carboxylic acids is 1. The van der Waals surface area contributed by atoms with E-state index >= 15 is 0 Å². The molecule has 3 nitrogen and oxygen atoms in total. The van der Waals surface area contributed by atoms with Crippen LogP contribution in [-0.2, 0) is 9.90 Å². The van der Waals surface area contributed by atoms with Crippen molar-refractivity contribution < 1.29 is 9.90 Å². The molecule has 0 aromatic rings. The molecule has 0 rings (SSSR count). The molecule has 0 saturated carbocycles. The van der Waals surface area contributed by atoms with E-state index in [9.17, 15) is 9.90 Å². The molecule has 0 heterocycles. The Morgan fingerprint density at radius 1 is 1.45 bits per heavy atom. The van der Waals surface area contributed by atoms with E-state index in [1.165, 1.54) is 0 Å². The summed E-state index contributed by atoms with van der Waals surface area (Å²) in [6.07, 6.45) is 2.90. The van der Waals surface area contributed by atoms with Crippen molar-refractivity contribution in [3.8, 4) is 0 Å². The van der Waals surface area contributed by atoms with Gasteiger partial charge in [-0.1, -0.05) is 20.3 Å². The summed E-state index contributed by atoms with van der Waals surface area (Å²) in [5.74, 6) is -0.384. The maximum absolute atomic E-state index is 10.6. The lowest BCUT2D eigenvalue weighted by atomic mass is 10.1. The van der Waals surface area contributed by atoms with Gasteiger partial charge in [0.1, 0.15) is 0 Å². The van der Waals surface area contributed by atoms with Crippen molar-refractivity contribution in [2.75, 3.05) is 6.61 Å². The molecule has 0 bridgehead atoms. The first-order chi connectivity index (χ1) is 5.24. The first-order valence-corrected chi connectivity index (χ1v) is 4.12. The summed E-state index contributed by atoms with van der Waals surface area (Å²) in [5.41, 5.74) is 0. The van der Waals surface area contributed by atoms with Gasteiger partial charge in [-0.25, -0.2) is 5.11 Å². The summed E-state index contributed by atoms with van der Waals surface area (Å²) in [5, 5.41) is 12.7. The van der Waals surface area contributed by atoms with E-state index in [1.807, 2.05) is 6.92 Å². The monoisotopic (exact) mass is 158 g/mol. The Bertz CT molecular complexity index is 115. The Balaban J connectivity index is 3.58. The van der Waals surface area contributed by atoms with Gasteiger partial charge in [-0.3, -0.25) is 4.79 Å². The second kappa shape index (κ2) is 6.16. The smallest absolute Gasteiger partial charge is 0.249 e. The van der Waals surface area contributed by atoms with E-state index < -0.39 is 6.61 Å². The van der Waals surface area contributed by atoms with Crippen LogP contribution in [0.1, 0.15) is 33.1 Å². The SMILES string of the molecule is CCCC(CC)NC(=O)C[O]. The third kappa shape index (κ3) is 4.79. The highest BCUT2D eigenvalue weighted by atomic mass is 16.3. The quantitative estimate of drug-likeness (QED) is 0.640. The van der Waals surface area contributed by atoms with Gasteiger partial charge in [0.05, 0.1) is 0 Å². The van der Waals surface area contributed by atoms with Crippen molar-refractivity contribution in [2.45, 2.75) is 39.2 Å². The zero-order valence-electron chi connectivity index (χ0n) is 7.22. The minimum absolute atomic E-state index is 0.196. The first kappa shape index (κ1) is 10.4. The largest absolute Gasteiger partial charge is 0.351 e. The highest BCUT2D eigenvalue weighted by Gasteiger charge is 2.07. The number of carbonyl (C=O) groups is 1. The van der Waals surface area contributed by atoms with Crippen molar-refractivity contribution in [3.05, 3.63) is 0 Å². The highest BCUT2D eigenvalue weighted by Crippen LogP contribution is 1.99. The van der Waals surface area contributed by atoms with E-state index in [2.05, 4.69) is 12.2 Å². The lowest BCUT2D eigenvalue weighted by molar-refractivity contribution is -0.126. The van der Waals surface area contributed by atoms with Crippen LogP contribution < -0.4 is 5.32 Å². The number of nitrogens with one attached hydrogen (secondary N) is 1. The molecule has 0 spiro atoms. The van der Waals surface area contributed by atoms with E-state index in [-0.39, 0.29) is 11.9 Å². The fourth-order valence-electron chi connectivity index (χ4n) is 0.996. The normalized spacial score (nSPS) is 12.6. The average molecular weight is 158 g/mol. The molecule has 0 aromatic carbocycles. The standard InChI is InChI=1S/C8H16NO2/c1-3-5-7(4-2)9-8(11)6-10/h7H,3-6H2,1-2H3,(H,9,11). The van der Waals surface area contributed by atoms with Gasteiger partial charge in [-0.15, -0.1) is 0 Å². The number of hydrogen-bond acceptors (Lipinski definition) is 1. The van der Waals surface area contributed by atoms with Crippen LogP contribution >= 0.6 is 0 Å². The molecular formula is C8H16NO2. The van der Waals surface area contributed by atoms with Crippen LogP contribution in [0.2, 0.25) is 0 Å². The van der Waals surface area contributed by atoms with E-state index in [4.69, 9.17) is 0 Å². The molecule has 0 aliphatic rings. The molecule has 1 atom stereocenters. The Hall–Kier alpha value is -0.570. The molecule has 1 unspecified atom stereocenters. The van der Waals surface area contributed by atoms with Crippen LogP contribution in [0.25, 0.3) is 0 Å². The van der Waals surface area contributed by atoms with Gasteiger partial charge in [0.15, 0.2) is 6.61 Å². The maximum Gasteiger partial charge on any atom is 0.249 e. The predicted molar refractivity (Wildman–Crippen MR) is 42.7 cm³/mol. The highest BCUT2D eigenvalue weighted by molar-refractivity contribution is 5.77. The molecule has 0 aromatic heterocycles. The summed E-state index contributed by atoms with van der Waals surface area (Å²) >= 11 is 0. The van der Waals surface area contributed by atoms with Crippen LogP contribution in [0.5, 0.6) is 0 Å². The van der Waals surface area contributed by atoms with Gasteiger partial charge in [-0.2, -0.15) is 0 Å². The van der Waals surface area contributed by atoms with E-state index in [0.29, 0.717) is 0 Å². The minimum atomic E-state index is -0.653. The molecule has 0 aliphatic heterocycles. The molecule has 0 aliphatic carbocycles. The first-order valence-electron chi connectivity index (χ1n) is 4.12. The Morgan fingerprint density at radius 2 is 2.09 bits per heavy atom. The Kier molecular flexibility index (Phi) is 5.84. The Labute approximate surface area is 67.8 Å². The van der Waals surface area contributed by atoms with Crippen LogP contribution in [0.4, 0.5) is 0 Å². The van der Waals surface area contributed by atoms with Gasteiger partial charge in [-0.05, 0) is 12.8 Å². The fourth-order valence-corrected chi connectivity index (χ4v) is 0.996. The third-order valence-corrected chi connectivity index (χ3v) is 1.63. The van der Waals surface area contributed by atoms with Gasteiger partial charge < -0.3 is 5.32 Å². The van der Waals surface area contributed by atoms with Crippen LogP contribution in [0.3, 0.4) is 0 Å². The van der Waals surface area contributed by atoms with Crippen molar-refractivity contribution in [1.29, 1.82) is 0 Å². The van der Waals surface area contributed by atoms with Crippen molar-refractivity contribution in [2.24, 2.45) is 0 Å². The summed E-state index contributed by atoms with van der Waals surface area (Å²) in [6, 6.07) is 0.196. The molecule has 0 fully saturated rings. The average Bonchev–Trinajstić information content (AvgIpc) is 2.03. The molecule has 1 radical (unpaired) electrons. The van der Waals surface area contributed by atoms with Crippen molar-refractivity contribution >= 4 is 5.91 Å².